The molecule has 1 aromatic carbocycles. The number of fused-ring (bicyclic) bond motifs is 1. The predicted molar refractivity (Wildman–Crippen MR) is 85.0 cm³/mol. The number of rotatable bonds is 5. The van der Waals surface area contributed by atoms with Crippen molar-refractivity contribution in [1.29, 1.82) is 0 Å². The maximum atomic E-state index is 5.75. The number of ether oxygens (including phenoxy) is 3. The fourth-order valence-corrected chi connectivity index (χ4v) is 3.36. The van der Waals surface area contributed by atoms with Gasteiger partial charge in [-0.1, -0.05) is 0 Å². The molecule has 116 valence electrons. The van der Waals surface area contributed by atoms with E-state index < -0.39 is 0 Å². The van der Waals surface area contributed by atoms with E-state index in [0.717, 1.165) is 55.1 Å². The van der Waals surface area contributed by atoms with Gasteiger partial charge in [-0.05, 0) is 59.4 Å². The molecule has 0 spiro atoms. The molecule has 21 heavy (non-hydrogen) atoms. The van der Waals surface area contributed by atoms with E-state index in [1.54, 1.807) is 0 Å². The molecule has 0 radical (unpaired) electrons. The molecule has 0 aromatic heterocycles. The van der Waals surface area contributed by atoms with E-state index in [0.29, 0.717) is 12.7 Å². The van der Waals surface area contributed by atoms with Crippen LogP contribution >= 0.6 is 15.9 Å². The topological polar surface area (TPSA) is 39.7 Å². The van der Waals surface area contributed by atoms with Crippen LogP contribution < -0.4 is 14.8 Å². The number of hydrogen-bond acceptors (Lipinski definition) is 4. The Balaban J connectivity index is 1.53. The van der Waals surface area contributed by atoms with Crippen molar-refractivity contribution < 1.29 is 14.2 Å². The smallest absolute Gasteiger partial charge is 0.175 e. The maximum absolute atomic E-state index is 5.75. The van der Waals surface area contributed by atoms with Crippen LogP contribution in [0, 0.1) is 0 Å². The molecular weight excluding hydrogens is 334 g/mol. The monoisotopic (exact) mass is 355 g/mol. The van der Waals surface area contributed by atoms with Crippen molar-refractivity contribution >= 4 is 15.9 Å². The zero-order chi connectivity index (χ0) is 14.5. The molecule has 0 amide bonds. The number of hydrogen-bond donors (Lipinski definition) is 1. The molecule has 2 aliphatic rings. The van der Waals surface area contributed by atoms with Crippen LogP contribution in [-0.2, 0) is 11.3 Å². The molecule has 0 aliphatic carbocycles. The van der Waals surface area contributed by atoms with Crippen LogP contribution in [-0.4, -0.2) is 32.5 Å². The first kappa shape index (κ1) is 15.1. The third kappa shape index (κ3) is 4.11. The van der Waals surface area contributed by atoms with E-state index in [1.165, 1.54) is 18.4 Å². The molecule has 4 nitrogen and oxygen atoms in total. The average Bonchev–Trinajstić information content (AvgIpc) is 2.87. The van der Waals surface area contributed by atoms with Crippen molar-refractivity contribution in [3.05, 3.63) is 22.2 Å². The predicted octanol–water partition coefficient (Wildman–Crippen LogP) is 3.27. The maximum Gasteiger partial charge on any atom is 0.175 e. The van der Waals surface area contributed by atoms with Gasteiger partial charge in [0.05, 0.1) is 23.8 Å². The second kappa shape index (κ2) is 7.47. The van der Waals surface area contributed by atoms with E-state index in [9.17, 15) is 0 Å². The Morgan fingerprint density at radius 1 is 1.14 bits per heavy atom. The largest absolute Gasteiger partial charge is 0.490 e. The van der Waals surface area contributed by atoms with E-state index in [-0.39, 0.29) is 0 Å². The highest BCUT2D eigenvalue weighted by Crippen LogP contribution is 2.38. The van der Waals surface area contributed by atoms with Gasteiger partial charge in [0.2, 0.25) is 0 Å². The van der Waals surface area contributed by atoms with Crippen LogP contribution in [0.1, 0.15) is 31.2 Å². The highest BCUT2D eigenvalue weighted by molar-refractivity contribution is 9.10. The van der Waals surface area contributed by atoms with E-state index in [2.05, 4.69) is 33.4 Å². The molecule has 1 saturated heterocycles. The summed E-state index contributed by atoms with van der Waals surface area (Å²) in [5.41, 5.74) is 1.21. The van der Waals surface area contributed by atoms with Crippen molar-refractivity contribution in [1.82, 2.24) is 5.32 Å². The zero-order valence-corrected chi connectivity index (χ0v) is 13.8. The zero-order valence-electron chi connectivity index (χ0n) is 12.2. The summed E-state index contributed by atoms with van der Waals surface area (Å²) in [5.74, 6) is 1.67. The van der Waals surface area contributed by atoms with Crippen molar-refractivity contribution in [2.75, 3.05) is 26.4 Å². The minimum absolute atomic E-state index is 0.452. The van der Waals surface area contributed by atoms with E-state index >= 15 is 0 Å². The Morgan fingerprint density at radius 2 is 2.05 bits per heavy atom. The Morgan fingerprint density at radius 3 is 2.90 bits per heavy atom. The third-order valence-corrected chi connectivity index (χ3v) is 4.45. The molecule has 0 saturated carbocycles. The van der Waals surface area contributed by atoms with Gasteiger partial charge in [0.25, 0.3) is 0 Å². The highest BCUT2D eigenvalue weighted by atomic mass is 79.9. The van der Waals surface area contributed by atoms with Crippen LogP contribution in [0.25, 0.3) is 0 Å². The van der Waals surface area contributed by atoms with Gasteiger partial charge < -0.3 is 19.5 Å². The van der Waals surface area contributed by atoms with E-state index in [4.69, 9.17) is 14.2 Å². The van der Waals surface area contributed by atoms with Gasteiger partial charge in [-0.15, -0.1) is 0 Å². The first-order chi connectivity index (χ1) is 10.3. The van der Waals surface area contributed by atoms with Crippen LogP contribution in [0.2, 0.25) is 0 Å². The molecule has 1 N–H and O–H groups in total. The fourth-order valence-electron chi connectivity index (χ4n) is 2.75. The van der Waals surface area contributed by atoms with E-state index in [1.807, 2.05) is 0 Å². The van der Waals surface area contributed by atoms with Crippen molar-refractivity contribution in [3.63, 3.8) is 0 Å². The molecule has 1 atom stereocenters. The second-order valence-corrected chi connectivity index (χ2v) is 6.41. The molecule has 3 rings (SSSR count). The molecular formula is C16H22BrNO3. The summed E-state index contributed by atoms with van der Waals surface area (Å²) in [7, 11) is 0. The fraction of sp³-hybridized carbons (Fsp3) is 0.625. The Kier molecular flexibility index (Phi) is 5.38. The molecule has 1 fully saturated rings. The summed E-state index contributed by atoms with van der Waals surface area (Å²) in [6, 6.07) is 4.18. The quantitative estimate of drug-likeness (QED) is 0.822. The molecule has 1 unspecified atom stereocenters. The number of nitrogens with one attached hydrogen (secondary N) is 1. The summed E-state index contributed by atoms with van der Waals surface area (Å²) in [5, 5.41) is 3.48. The van der Waals surface area contributed by atoms with Gasteiger partial charge in [0.15, 0.2) is 11.5 Å². The highest BCUT2D eigenvalue weighted by Gasteiger charge is 2.16. The van der Waals surface area contributed by atoms with Gasteiger partial charge in [0.1, 0.15) is 0 Å². The first-order valence-corrected chi connectivity index (χ1v) is 8.52. The summed E-state index contributed by atoms with van der Waals surface area (Å²) >= 11 is 3.58. The minimum atomic E-state index is 0.452. The standard InChI is InChI=1S/C16H22BrNO3/c17-14-9-12(10-15-16(14)21-8-2-7-20-15)11-18-5-4-13-3-1-6-19-13/h9-10,13,18H,1-8,11H2. The van der Waals surface area contributed by atoms with Gasteiger partial charge >= 0.3 is 0 Å². The van der Waals surface area contributed by atoms with Crippen LogP contribution in [0.4, 0.5) is 0 Å². The lowest BCUT2D eigenvalue weighted by Crippen LogP contribution is -2.19. The first-order valence-electron chi connectivity index (χ1n) is 7.73. The Hall–Kier alpha value is -0.780. The second-order valence-electron chi connectivity index (χ2n) is 5.56. The van der Waals surface area contributed by atoms with Crippen LogP contribution in [0.3, 0.4) is 0 Å². The van der Waals surface area contributed by atoms with Crippen molar-refractivity contribution in [2.24, 2.45) is 0 Å². The summed E-state index contributed by atoms with van der Waals surface area (Å²) < 4.78 is 18.1. The number of halogens is 1. The lowest BCUT2D eigenvalue weighted by atomic mass is 10.1. The third-order valence-electron chi connectivity index (χ3n) is 3.86. The number of benzene rings is 1. The van der Waals surface area contributed by atoms with Crippen LogP contribution in [0.5, 0.6) is 11.5 Å². The van der Waals surface area contributed by atoms with Crippen molar-refractivity contribution in [2.45, 2.75) is 38.3 Å². The SMILES string of the molecule is Brc1cc(CNCCC2CCCO2)cc2c1OCCCO2. The van der Waals surface area contributed by atoms with Gasteiger partial charge in [-0.25, -0.2) is 0 Å². The summed E-state index contributed by atoms with van der Waals surface area (Å²) in [4.78, 5) is 0. The summed E-state index contributed by atoms with van der Waals surface area (Å²) in [6.45, 7) is 4.18. The van der Waals surface area contributed by atoms with Gasteiger partial charge in [-0.2, -0.15) is 0 Å². The molecule has 2 heterocycles. The average molecular weight is 356 g/mol. The summed E-state index contributed by atoms with van der Waals surface area (Å²) in [6.07, 6.45) is 4.88. The minimum Gasteiger partial charge on any atom is -0.490 e. The molecule has 2 aliphatic heterocycles. The van der Waals surface area contributed by atoms with Crippen molar-refractivity contribution in [3.8, 4) is 11.5 Å². The molecule has 5 heteroatoms. The Bertz CT molecular complexity index is 475. The normalized spacial score (nSPS) is 21.3. The molecule has 0 bridgehead atoms. The van der Waals surface area contributed by atoms with Gasteiger partial charge in [-0.3, -0.25) is 0 Å². The van der Waals surface area contributed by atoms with Gasteiger partial charge in [0, 0.05) is 19.6 Å². The Labute approximate surface area is 134 Å². The molecule has 1 aromatic rings. The lowest BCUT2D eigenvalue weighted by Gasteiger charge is -2.13. The van der Waals surface area contributed by atoms with Crippen LogP contribution in [0.15, 0.2) is 16.6 Å². The lowest BCUT2D eigenvalue weighted by molar-refractivity contribution is 0.104.